The highest BCUT2D eigenvalue weighted by Gasteiger charge is 2.35. The van der Waals surface area contributed by atoms with E-state index in [9.17, 15) is 19.2 Å². The van der Waals surface area contributed by atoms with Gasteiger partial charge in [-0.05, 0) is 57.8 Å². The van der Waals surface area contributed by atoms with Gasteiger partial charge in [0, 0.05) is 5.69 Å². The van der Waals surface area contributed by atoms with Crippen molar-refractivity contribution in [3.8, 4) is 11.5 Å². The van der Waals surface area contributed by atoms with Crippen LogP contribution in [0.25, 0.3) is 6.08 Å². The van der Waals surface area contributed by atoms with E-state index in [1.165, 1.54) is 20.3 Å². The highest BCUT2D eigenvalue weighted by molar-refractivity contribution is 9.10. The van der Waals surface area contributed by atoms with Crippen LogP contribution in [0.1, 0.15) is 18.1 Å². The molecular formula is C24H24BrN3O7. The van der Waals surface area contributed by atoms with Crippen LogP contribution in [0.5, 0.6) is 11.5 Å². The minimum atomic E-state index is -0.704. The minimum absolute atomic E-state index is 0.00561. The molecule has 11 heteroatoms. The zero-order valence-corrected chi connectivity index (χ0v) is 20.9. The predicted molar refractivity (Wildman–Crippen MR) is 131 cm³/mol. The molecule has 1 fully saturated rings. The van der Waals surface area contributed by atoms with Crippen LogP contribution in [0.2, 0.25) is 0 Å². The number of halogens is 1. The van der Waals surface area contributed by atoms with Crippen molar-refractivity contribution in [3.63, 3.8) is 0 Å². The monoisotopic (exact) mass is 545 g/mol. The number of anilines is 1. The number of rotatable bonds is 9. The van der Waals surface area contributed by atoms with Gasteiger partial charge in [0.2, 0.25) is 5.91 Å². The Hall–Kier alpha value is -3.86. The number of esters is 1. The topological polar surface area (TPSA) is 123 Å². The van der Waals surface area contributed by atoms with Crippen molar-refractivity contribution < 1.29 is 33.4 Å². The summed E-state index contributed by atoms with van der Waals surface area (Å²) in [7, 11) is 2.67. The third-order valence-corrected chi connectivity index (χ3v) is 5.65. The van der Waals surface area contributed by atoms with Crippen molar-refractivity contribution in [3.05, 3.63) is 57.7 Å². The summed E-state index contributed by atoms with van der Waals surface area (Å²) in [5.41, 5.74) is 2.08. The third-order valence-electron chi connectivity index (χ3n) is 5.06. The lowest BCUT2D eigenvalue weighted by molar-refractivity contribution is -0.143. The smallest absolute Gasteiger partial charge is 0.343 e. The first-order valence-electron chi connectivity index (χ1n) is 10.6. The molecule has 2 aromatic rings. The van der Waals surface area contributed by atoms with Gasteiger partial charge in [-0.3, -0.25) is 9.59 Å². The van der Waals surface area contributed by atoms with Crippen LogP contribution in [0.15, 0.2) is 46.6 Å². The predicted octanol–water partition coefficient (Wildman–Crippen LogP) is 3.10. The minimum Gasteiger partial charge on any atom is -0.493 e. The maximum Gasteiger partial charge on any atom is 0.343 e. The van der Waals surface area contributed by atoms with Crippen LogP contribution in [0, 0.1) is 0 Å². The van der Waals surface area contributed by atoms with Gasteiger partial charge in [-0.1, -0.05) is 25.1 Å². The molecule has 10 nitrogen and oxygen atoms in total. The van der Waals surface area contributed by atoms with Crippen molar-refractivity contribution in [2.45, 2.75) is 13.3 Å². The lowest BCUT2D eigenvalue weighted by Crippen LogP contribution is -2.38. The van der Waals surface area contributed by atoms with Crippen molar-refractivity contribution in [1.82, 2.24) is 10.2 Å². The van der Waals surface area contributed by atoms with Crippen LogP contribution < -0.4 is 20.1 Å². The van der Waals surface area contributed by atoms with E-state index in [2.05, 4.69) is 31.3 Å². The Balaban J connectivity index is 1.75. The van der Waals surface area contributed by atoms with Crippen LogP contribution in [-0.2, 0) is 25.5 Å². The third kappa shape index (κ3) is 6.18. The van der Waals surface area contributed by atoms with Crippen molar-refractivity contribution in [1.29, 1.82) is 0 Å². The summed E-state index contributed by atoms with van der Waals surface area (Å²) in [5, 5.41) is 5.23. The SMILES string of the molecule is CCc1ccccc1NC(=O)CN1C(=O)N/C(=C/c2cc(Br)c(OCC(=O)OC)c(OC)c2)C1=O. The summed E-state index contributed by atoms with van der Waals surface area (Å²) in [6.45, 7) is 1.21. The molecule has 3 rings (SSSR count). The number of amides is 4. The molecule has 0 unspecified atom stereocenters. The number of hydrogen-bond donors (Lipinski definition) is 2. The fourth-order valence-corrected chi connectivity index (χ4v) is 3.89. The van der Waals surface area contributed by atoms with Gasteiger partial charge < -0.3 is 24.8 Å². The molecule has 4 amide bonds. The Bertz CT molecular complexity index is 1200. The maximum absolute atomic E-state index is 12.8. The van der Waals surface area contributed by atoms with Gasteiger partial charge in [0.05, 0.1) is 18.7 Å². The van der Waals surface area contributed by atoms with Crippen LogP contribution >= 0.6 is 15.9 Å². The summed E-state index contributed by atoms with van der Waals surface area (Å²) >= 11 is 3.35. The number of hydrogen-bond acceptors (Lipinski definition) is 7. The molecule has 0 saturated carbocycles. The molecule has 1 aliphatic rings. The molecule has 184 valence electrons. The quantitative estimate of drug-likeness (QED) is 0.282. The summed E-state index contributed by atoms with van der Waals surface area (Å²) in [5.74, 6) is -1.14. The number of nitrogens with zero attached hydrogens (tertiary/aromatic N) is 1. The number of aryl methyl sites for hydroxylation is 1. The first-order chi connectivity index (χ1) is 16.8. The van der Waals surface area contributed by atoms with E-state index < -0.39 is 30.4 Å². The van der Waals surface area contributed by atoms with Gasteiger partial charge in [-0.15, -0.1) is 0 Å². The Morgan fingerprint density at radius 1 is 1.17 bits per heavy atom. The Labute approximate surface area is 210 Å². The number of imide groups is 1. The summed E-state index contributed by atoms with van der Waals surface area (Å²) in [6, 6.07) is 9.80. The summed E-state index contributed by atoms with van der Waals surface area (Å²) in [4.78, 5) is 49.9. The number of carbonyl (C=O) groups is 4. The van der Waals surface area contributed by atoms with E-state index in [1.54, 1.807) is 24.3 Å². The number of ether oxygens (including phenoxy) is 3. The van der Waals surface area contributed by atoms with E-state index >= 15 is 0 Å². The van der Waals surface area contributed by atoms with Gasteiger partial charge in [0.25, 0.3) is 5.91 Å². The Morgan fingerprint density at radius 3 is 2.60 bits per heavy atom. The molecular weight excluding hydrogens is 522 g/mol. The van der Waals surface area contributed by atoms with Crippen LogP contribution in [0.3, 0.4) is 0 Å². The zero-order valence-electron chi connectivity index (χ0n) is 19.3. The molecule has 2 N–H and O–H groups in total. The fraction of sp³-hybridized carbons (Fsp3) is 0.250. The highest BCUT2D eigenvalue weighted by Crippen LogP contribution is 2.37. The number of para-hydroxylation sites is 1. The van der Waals surface area contributed by atoms with E-state index in [1.807, 2.05) is 19.1 Å². The molecule has 1 saturated heterocycles. The summed E-state index contributed by atoms with van der Waals surface area (Å²) in [6.07, 6.45) is 2.17. The molecule has 1 heterocycles. The van der Waals surface area contributed by atoms with Gasteiger partial charge in [-0.2, -0.15) is 0 Å². The van der Waals surface area contributed by atoms with Crippen LogP contribution in [0.4, 0.5) is 10.5 Å². The number of carbonyl (C=O) groups excluding carboxylic acids is 4. The molecule has 35 heavy (non-hydrogen) atoms. The first-order valence-corrected chi connectivity index (χ1v) is 11.4. The second kappa shape index (κ2) is 11.5. The van der Waals surface area contributed by atoms with E-state index in [4.69, 9.17) is 9.47 Å². The second-order valence-electron chi connectivity index (χ2n) is 7.34. The largest absolute Gasteiger partial charge is 0.493 e. The first kappa shape index (κ1) is 25.8. The molecule has 0 radical (unpaired) electrons. The van der Waals surface area contributed by atoms with Crippen molar-refractivity contribution >= 4 is 51.5 Å². The Kier molecular flexibility index (Phi) is 8.48. The van der Waals surface area contributed by atoms with Crippen molar-refractivity contribution in [2.24, 2.45) is 0 Å². The van der Waals surface area contributed by atoms with Gasteiger partial charge in [0.1, 0.15) is 12.2 Å². The average Bonchev–Trinajstić information content (AvgIpc) is 3.10. The molecule has 0 bridgehead atoms. The second-order valence-corrected chi connectivity index (χ2v) is 8.19. The number of nitrogens with one attached hydrogen (secondary N) is 2. The van der Waals surface area contributed by atoms with E-state index in [0.29, 0.717) is 15.7 Å². The lowest BCUT2D eigenvalue weighted by atomic mass is 10.1. The van der Waals surface area contributed by atoms with E-state index in [-0.39, 0.29) is 23.8 Å². The summed E-state index contributed by atoms with van der Waals surface area (Å²) < 4.78 is 15.8. The number of benzene rings is 2. The van der Waals surface area contributed by atoms with Gasteiger partial charge >= 0.3 is 12.0 Å². The molecule has 2 aromatic carbocycles. The van der Waals surface area contributed by atoms with E-state index in [0.717, 1.165) is 16.9 Å². The molecule has 0 aromatic heterocycles. The molecule has 1 aliphatic heterocycles. The zero-order chi connectivity index (χ0) is 25.5. The molecule has 0 aliphatic carbocycles. The number of urea groups is 1. The molecule has 0 spiro atoms. The van der Waals surface area contributed by atoms with Crippen molar-refractivity contribution in [2.75, 3.05) is 32.7 Å². The maximum atomic E-state index is 12.8. The fourth-order valence-electron chi connectivity index (χ4n) is 3.32. The average molecular weight is 546 g/mol. The van der Waals surface area contributed by atoms with Gasteiger partial charge in [-0.25, -0.2) is 14.5 Å². The Morgan fingerprint density at radius 2 is 1.91 bits per heavy atom. The van der Waals surface area contributed by atoms with Gasteiger partial charge in [0.15, 0.2) is 18.1 Å². The highest BCUT2D eigenvalue weighted by atomic mass is 79.9. The number of methoxy groups -OCH3 is 2. The lowest BCUT2D eigenvalue weighted by Gasteiger charge is -2.14. The molecule has 0 atom stereocenters. The standard InChI is InChI=1S/C24H24BrN3O7/c1-4-15-7-5-6-8-17(15)26-20(29)12-28-23(31)18(27-24(28)32)10-14-9-16(25)22(19(11-14)33-2)35-13-21(30)34-3/h5-11H,4,12-13H2,1-3H3,(H,26,29)(H,27,32)/b18-10+. The van der Waals surface area contributed by atoms with Crippen LogP contribution in [-0.4, -0.2) is 56.1 Å². The normalized spacial score (nSPS) is 14.1.